The second-order valence-electron chi connectivity index (χ2n) is 11.2. The number of hydrogen-bond acceptors (Lipinski definition) is 7. The van der Waals surface area contributed by atoms with Crippen LogP contribution in [0.3, 0.4) is 0 Å². The van der Waals surface area contributed by atoms with E-state index in [1.807, 2.05) is 12.1 Å². The lowest BCUT2D eigenvalue weighted by molar-refractivity contribution is -0.138. The van der Waals surface area contributed by atoms with Crippen LogP contribution in [-0.4, -0.2) is 83.2 Å². The lowest BCUT2D eigenvalue weighted by Crippen LogP contribution is -2.50. The van der Waals surface area contributed by atoms with Gasteiger partial charge in [-0.05, 0) is 62.4 Å². The quantitative estimate of drug-likeness (QED) is 0.341. The van der Waals surface area contributed by atoms with E-state index in [1.54, 1.807) is 4.68 Å². The number of carbonyl (C=O) groups excluding carboxylic acids is 1. The van der Waals surface area contributed by atoms with Crippen molar-refractivity contribution in [2.75, 3.05) is 31.1 Å². The number of benzene rings is 1. The minimum absolute atomic E-state index is 0.000534. The molecule has 1 amide bonds. The highest BCUT2D eigenvalue weighted by atomic mass is 19.3. The average molecular weight is 581 g/mol. The van der Waals surface area contributed by atoms with Crippen LogP contribution in [0.4, 0.5) is 14.5 Å². The summed E-state index contributed by atoms with van der Waals surface area (Å²) >= 11 is 0. The Bertz CT molecular complexity index is 1570. The van der Waals surface area contributed by atoms with Crippen molar-refractivity contribution in [2.45, 2.75) is 63.1 Å². The predicted molar refractivity (Wildman–Crippen MR) is 152 cm³/mol. The van der Waals surface area contributed by atoms with E-state index in [0.29, 0.717) is 11.0 Å². The number of piperidine rings is 2. The second kappa shape index (κ2) is 11.6. The van der Waals surface area contributed by atoms with Gasteiger partial charge in [0.2, 0.25) is 5.91 Å². The van der Waals surface area contributed by atoms with Crippen LogP contribution < -0.4 is 10.5 Å². The Balaban J connectivity index is 1.11. The smallest absolute Gasteiger partial charge is 0.264 e. The first kappa shape index (κ1) is 28.0. The first-order chi connectivity index (χ1) is 20.3. The highest BCUT2D eigenvalue weighted by Gasteiger charge is 2.36. The van der Waals surface area contributed by atoms with Gasteiger partial charge in [0.15, 0.2) is 5.65 Å². The highest BCUT2D eigenvalue weighted by molar-refractivity contribution is 5.77. The van der Waals surface area contributed by atoms with Gasteiger partial charge in [-0.1, -0.05) is 0 Å². The molecule has 0 radical (unpaired) electrons. The maximum Gasteiger partial charge on any atom is 0.264 e. The van der Waals surface area contributed by atoms with Crippen LogP contribution in [-0.2, 0) is 11.3 Å². The van der Waals surface area contributed by atoms with Crippen LogP contribution in [0.15, 0.2) is 60.0 Å². The summed E-state index contributed by atoms with van der Waals surface area (Å²) in [6, 6.07) is 8.26. The molecule has 6 rings (SSSR count). The zero-order chi connectivity index (χ0) is 29.3. The highest BCUT2D eigenvalue weighted by Crippen LogP contribution is 2.27. The number of carbonyl (C=O) groups is 1. The van der Waals surface area contributed by atoms with Crippen LogP contribution in [0.1, 0.15) is 44.6 Å². The van der Waals surface area contributed by atoms with E-state index in [2.05, 4.69) is 32.2 Å². The molecule has 4 aromatic rings. The number of hydrogen-bond donors (Lipinski definition) is 1. The molecule has 2 aliphatic rings. The van der Waals surface area contributed by atoms with Gasteiger partial charge in [-0.25, -0.2) is 18.4 Å². The van der Waals surface area contributed by atoms with E-state index in [0.717, 1.165) is 29.1 Å². The summed E-state index contributed by atoms with van der Waals surface area (Å²) in [5.41, 5.74) is 0.827. The van der Waals surface area contributed by atoms with E-state index in [9.17, 15) is 23.5 Å². The minimum Gasteiger partial charge on any atom is -0.388 e. The molecule has 13 heteroatoms. The lowest BCUT2D eigenvalue weighted by Gasteiger charge is -2.38. The molecule has 2 saturated heterocycles. The van der Waals surface area contributed by atoms with Gasteiger partial charge < -0.3 is 14.9 Å². The number of amides is 1. The number of fused-ring (bicyclic) bond motifs is 1. The molecule has 2 aliphatic heterocycles. The fourth-order valence-corrected chi connectivity index (χ4v) is 5.94. The maximum absolute atomic E-state index is 13.6. The number of halogens is 2. The van der Waals surface area contributed by atoms with Gasteiger partial charge in [-0.3, -0.25) is 18.8 Å². The van der Waals surface area contributed by atoms with Crippen LogP contribution in [0.5, 0.6) is 0 Å². The number of alkyl halides is 2. The Morgan fingerprint density at radius 1 is 1.00 bits per heavy atom. The molecular weight excluding hydrogens is 546 g/mol. The fourth-order valence-electron chi connectivity index (χ4n) is 5.94. The molecule has 1 atom stereocenters. The van der Waals surface area contributed by atoms with Crippen LogP contribution in [0, 0.1) is 0 Å². The van der Waals surface area contributed by atoms with Crippen molar-refractivity contribution in [3.05, 3.63) is 65.6 Å². The number of rotatable bonds is 8. The van der Waals surface area contributed by atoms with Crippen molar-refractivity contribution >= 4 is 22.6 Å². The Morgan fingerprint density at radius 2 is 1.71 bits per heavy atom. The molecule has 222 valence electrons. The van der Waals surface area contributed by atoms with Gasteiger partial charge in [0.25, 0.3) is 12.0 Å². The van der Waals surface area contributed by atoms with Crippen molar-refractivity contribution in [1.82, 2.24) is 34.0 Å². The number of likely N-dealkylation sites (tertiary alicyclic amines) is 1. The Hall–Kier alpha value is -4.13. The summed E-state index contributed by atoms with van der Waals surface area (Å²) < 4.78 is 31.3. The molecule has 1 aromatic carbocycles. The van der Waals surface area contributed by atoms with E-state index in [-0.39, 0.29) is 44.5 Å². The Kier molecular flexibility index (Phi) is 7.76. The van der Waals surface area contributed by atoms with E-state index in [4.69, 9.17) is 0 Å². The molecule has 1 N–H and O–H groups in total. The zero-order valence-electron chi connectivity index (χ0n) is 23.2. The third kappa shape index (κ3) is 5.65. The molecular formula is C29H34F2N8O3. The summed E-state index contributed by atoms with van der Waals surface area (Å²) in [4.78, 5) is 34.5. The van der Waals surface area contributed by atoms with Crippen LogP contribution in [0.25, 0.3) is 16.7 Å². The summed E-state index contributed by atoms with van der Waals surface area (Å²) in [5.74, 6) is -0.422. The molecule has 0 aliphatic carbocycles. The lowest BCUT2D eigenvalue weighted by atomic mass is 9.91. The number of anilines is 1. The van der Waals surface area contributed by atoms with Crippen molar-refractivity contribution in [3.63, 3.8) is 0 Å². The normalized spacial score (nSPS) is 18.1. The van der Waals surface area contributed by atoms with Gasteiger partial charge in [-0.2, -0.15) is 10.2 Å². The van der Waals surface area contributed by atoms with Gasteiger partial charge in [-0.15, -0.1) is 0 Å². The third-order valence-electron chi connectivity index (χ3n) is 8.42. The molecule has 2 fully saturated rings. The molecule has 3 aromatic heterocycles. The summed E-state index contributed by atoms with van der Waals surface area (Å²) in [5, 5.41) is 19.9. The summed E-state index contributed by atoms with van der Waals surface area (Å²) in [6.07, 6.45) is 6.65. The van der Waals surface area contributed by atoms with Crippen molar-refractivity contribution in [3.8, 4) is 5.69 Å². The largest absolute Gasteiger partial charge is 0.388 e. The van der Waals surface area contributed by atoms with Crippen molar-refractivity contribution < 1.29 is 18.7 Å². The van der Waals surface area contributed by atoms with Gasteiger partial charge in [0, 0.05) is 44.3 Å². The maximum atomic E-state index is 13.6. The number of aliphatic hydroxyl groups is 1. The number of nitrogens with zero attached hydrogens (tertiary/aromatic N) is 8. The molecule has 0 unspecified atom stereocenters. The SMILES string of the molecule is O=C(C[C@H](C(F)F)n1cccn1)N1CCC(O)(Cn2cnc3c(cnn3-c3ccc(N4CCCCC4)cc3)c2=O)CC1. The van der Waals surface area contributed by atoms with Crippen molar-refractivity contribution in [1.29, 1.82) is 0 Å². The Morgan fingerprint density at radius 3 is 2.38 bits per heavy atom. The topological polar surface area (TPSA) is 114 Å². The van der Waals surface area contributed by atoms with Crippen LogP contribution >= 0.6 is 0 Å². The zero-order valence-corrected chi connectivity index (χ0v) is 23.2. The summed E-state index contributed by atoms with van der Waals surface area (Å²) in [6.45, 7) is 2.49. The molecule has 5 heterocycles. The van der Waals surface area contributed by atoms with Crippen molar-refractivity contribution in [2.24, 2.45) is 0 Å². The monoisotopic (exact) mass is 580 g/mol. The van der Waals surface area contributed by atoms with E-state index < -0.39 is 24.0 Å². The first-order valence-electron chi connectivity index (χ1n) is 14.4. The fraction of sp³-hybridized carbons (Fsp3) is 0.483. The third-order valence-corrected chi connectivity index (χ3v) is 8.42. The number of aromatic nitrogens is 6. The molecule has 0 saturated carbocycles. The van der Waals surface area contributed by atoms with Gasteiger partial charge in [0.1, 0.15) is 17.8 Å². The van der Waals surface area contributed by atoms with E-state index in [1.165, 1.54) is 59.7 Å². The van der Waals surface area contributed by atoms with Gasteiger partial charge >= 0.3 is 0 Å². The molecule has 0 bridgehead atoms. The van der Waals surface area contributed by atoms with Crippen LogP contribution in [0.2, 0.25) is 0 Å². The standard InChI is InChI=1S/C29H34F2N8O3/c30-26(31)24(38-14-4-11-33-38)17-25(40)36-15-9-29(42,10-16-36)19-37-20-32-27-23(28(37)41)18-34-39(27)22-7-5-21(6-8-22)35-12-2-1-3-13-35/h4-8,11,14,18,20,24,26,42H,1-3,9-10,12-13,15-17,19H2/t24-/m1/s1. The predicted octanol–water partition coefficient (Wildman–Crippen LogP) is 3.02. The molecule has 11 nitrogen and oxygen atoms in total. The second-order valence-corrected chi connectivity index (χ2v) is 11.2. The van der Waals surface area contributed by atoms with E-state index >= 15 is 0 Å². The molecule has 0 spiro atoms. The first-order valence-corrected chi connectivity index (χ1v) is 14.4. The molecule has 42 heavy (non-hydrogen) atoms. The minimum atomic E-state index is -2.74. The Labute approximate surface area is 241 Å². The van der Waals surface area contributed by atoms with Gasteiger partial charge in [0.05, 0.1) is 30.5 Å². The average Bonchev–Trinajstić information content (AvgIpc) is 3.69. The summed E-state index contributed by atoms with van der Waals surface area (Å²) in [7, 11) is 0.